The van der Waals surface area contributed by atoms with Gasteiger partial charge in [0.25, 0.3) is 11.5 Å². The van der Waals surface area contributed by atoms with Gasteiger partial charge in [-0.1, -0.05) is 59.5 Å². The Kier molecular flexibility index (Phi) is 5.36. The van der Waals surface area contributed by atoms with Crippen molar-refractivity contribution in [3.8, 4) is 0 Å². The lowest BCUT2D eigenvalue weighted by atomic mass is 10.1. The molecule has 6 heteroatoms. The van der Waals surface area contributed by atoms with Gasteiger partial charge < -0.3 is 4.90 Å². The quantitative estimate of drug-likeness (QED) is 0.831. The molecule has 0 aliphatic carbocycles. The van der Waals surface area contributed by atoms with Crippen molar-refractivity contribution in [2.75, 3.05) is 13.1 Å². The van der Waals surface area contributed by atoms with Crippen LogP contribution in [0.1, 0.15) is 15.2 Å². The normalized spacial score (nSPS) is 10.3. The molecule has 1 aromatic carbocycles. The van der Waals surface area contributed by atoms with Crippen LogP contribution in [0.2, 0.25) is 5.02 Å². The van der Waals surface area contributed by atoms with Gasteiger partial charge in [-0.05, 0) is 12.0 Å². The Hall–Kier alpha value is -1.85. The summed E-state index contributed by atoms with van der Waals surface area (Å²) in [5.41, 5.74) is 0.722. The van der Waals surface area contributed by atoms with Crippen LogP contribution in [0.3, 0.4) is 0 Å². The summed E-state index contributed by atoms with van der Waals surface area (Å²) < 4.78 is 2.47. The summed E-state index contributed by atoms with van der Waals surface area (Å²) in [6, 6.07) is 9.90. The number of hydrogen-bond acceptors (Lipinski definition) is 3. The largest absolute Gasteiger partial charge is 0.334 e. The Morgan fingerprint density at radius 3 is 2.67 bits per heavy atom. The van der Waals surface area contributed by atoms with E-state index in [1.165, 1.54) is 0 Å². The van der Waals surface area contributed by atoms with E-state index in [1.54, 1.807) is 11.0 Å². The third-order valence-corrected chi connectivity index (χ3v) is 4.33. The van der Waals surface area contributed by atoms with E-state index in [-0.39, 0.29) is 15.8 Å². The lowest BCUT2D eigenvalue weighted by Gasteiger charge is -2.20. The fourth-order valence-electron chi connectivity index (χ4n) is 1.91. The highest BCUT2D eigenvalue weighted by Gasteiger charge is 2.21. The molecule has 0 fully saturated rings. The van der Waals surface area contributed by atoms with Crippen molar-refractivity contribution in [1.29, 1.82) is 0 Å². The molecule has 0 unspecified atom stereocenters. The minimum absolute atomic E-state index is 0.0428. The van der Waals surface area contributed by atoms with Crippen molar-refractivity contribution >= 4 is 29.0 Å². The van der Waals surface area contributed by atoms with Crippen LogP contribution < -0.4 is 5.56 Å². The van der Waals surface area contributed by atoms with E-state index in [4.69, 9.17) is 11.6 Å². The fraction of sp³-hybridized carbons (Fsp3) is 0.200. The first-order valence-electron chi connectivity index (χ1n) is 6.44. The van der Waals surface area contributed by atoms with Crippen LogP contribution >= 0.6 is 23.1 Å². The highest BCUT2D eigenvalue weighted by atomic mass is 35.5. The minimum atomic E-state index is -0.424. The highest BCUT2D eigenvalue weighted by Crippen LogP contribution is 2.17. The third kappa shape index (κ3) is 3.83. The zero-order valence-electron chi connectivity index (χ0n) is 11.3. The van der Waals surface area contributed by atoms with Gasteiger partial charge in [0.15, 0.2) is 0 Å². The number of halogens is 1. The van der Waals surface area contributed by atoms with Crippen LogP contribution in [0.5, 0.6) is 0 Å². The second-order valence-corrected chi connectivity index (χ2v) is 5.65. The Labute approximate surface area is 131 Å². The summed E-state index contributed by atoms with van der Waals surface area (Å²) in [6.07, 6.45) is 2.39. The SMILES string of the molecule is C=CCN(CCc1ccccc1)C(=O)c1s[nH]c(=O)c1Cl. The van der Waals surface area contributed by atoms with E-state index in [0.717, 1.165) is 23.5 Å². The first-order valence-corrected chi connectivity index (χ1v) is 7.64. The van der Waals surface area contributed by atoms with Gasteiger partial charge in [0.05, 0.1) is 0 Å². The number of hydrogen-bond donors (Lipinski definition) is 1. The summed E-state index contributed by atoms with van der Waals surface area (Å²) in [5.74, 6) is -0.251. The van der Waals surface area contributed by atoms with Crippen LogP contribution in [-0.2, 0) is 6.42 Å². The van der Waals surface area contributed by atoms with Crippen LogP contribution in [0, 0.1) is 0 Å². The number of amides is 1. The van der Waals surface area contributed by atoms with Gasteiger partial charge in [-0.3, -0.25) is 14.0 Å². The van der Waals surface area contributed by atoms with Gasteiger partial charge in [0.2, 0.25) is 0 Å². The van der Waals surface area contributed by atoms with Crippen LogP contribution in [0.25, 0.3) is 0 Å². The van der Waals surface area contributed by atoms with E-state index in [0.29, 0.717) is 13.1 Å². The fourth-order valence-corrected chi connectivity index (χ4v) is 2.91. The van der Waals surface area contributed by atoms with E-state index < -0.39 is 5.56 Å². The highest BCUT2D eigenvalue weighted by molar-refractivity contribution is 7.08. The van der Waals surface area contributed by atoms with Crippen LogP contribution in [0.4, 0.5) is 0 Å². The minimum Gasteiger partial charge on any atom is -0.334 e. The van der Waals surface area contributed by atoms with Gasteiger partial charge in [-0.25, -0.2) is 0 Å². The molecule has 2 rings (SSSR count). The maximum Gasteiger partial charge on any atom is 0.277 e. The van der Waals surface area contributed by atoms with Crippen molar-refractivity contribution < 1.29 is 4.79 Å². The Morgan fingerprint density at radius 2 is 2.10 bits per heavy atom. The summed E-state index contributed by atoms with van der Waals surface area (Å²) >= 11 is 6.82. The monoisotopic (exact) mass is 322 g/mol. The van der Waals surface area contributed by atoms with E-state index in [9.17, 15) is 9.59 Å². The molecule has 110 valence electrons. The molecule has 1 aromatic heterocycles. The molecule has 2 aromatic rings. The lowest BCUT2D eigenvalue weighted by molar-refractivity contribution is 0.0780. The Morgan fingerprint density at radius 1 is 1.38 bits per heavy atom. The summed E-state index contributed by atoms with van der Waals surface area (Å²) in [6.45, 7) is 4.62. The van der Waals surface area contributed by atoms with E-state index in [2.05, 4.69) is 11.0 Å². The van der Waals surface area contributed by atoms with Crippen molar-refractivity contribution in [3.63, 3.8) is 0 Å². The average molecular weight is 323 g/mol. The number of aromatic amines is 1. The molecule has 1 amide bonds. The predicted octanol–water partition coefficient (Wildman–Crippen LogP) is 2.96. The molecule has 1 N–H and O–H groups in total. The van der Waals surface area contributed by atoms with Crippen molar-refractivity contribution in [2.24, 2.45) is 0 Å². The first kappa shape index (κ1) is 15.5. The average Bonchev–Trinajstić information content (AvgIpc) is 2.84. The van der Waals surface area contributed by atoms with Crippen molar-refractivity contribution in [3.05, 3.63) is 68.8 Å². The number of rotatable bonds is 6. The standard InChI is InChI=1S/C15H15ClN2O2S/c1-2-9-18(10-8-11-6-4-3-5-7-11)15(20)13-12(16)14(19)17-21-13/h2-7H,1,8-10H2,(H,17,19). The van der Waals surface area contributed by atoms with Gasteiger partial charge in [-0.15, -0.1) is 6.58 Å². The van der Waals surface area contributed by atoms with Gasteiger partial charge >= 0.3 is 0 Å². The molecule has 0 aliphatic heterocycles. The number of aromatic nitrogens is 1. The Balaban J connectivity index is 2.11. The van der Waals surface area contributed by atoms with Crippen molar-refractivity contribution in [2.45, 2.75) is 6.42 Å². The molecule has 0 saturated carbocycles. The second-order valence-electron chi connectivity index (χ2n) is 4.45. The first-order chi connectivity index (χ1) is 10.1. The second kappa shape index (κ2) is 7.24. The van der Waals surface area contributed by atoms with E-state index in [1.807, 2.05) is 30.3 Å². The van der Waals surface area contributed by atoms with Crippen LogP contribution in [0.15, 0.2) is 47.8 Å². The number of carbonyl (C=O) groups excluding carboxylic acids is 1. The molecule has 0 atom stereocenters. The molecule has 4 nitrogen and oxygen atoms in total. The van der Waals surface area contributed by atoms with Gasteiger partial charge in [-0.2, -0.15) is 0 Å². The number of benzene rings is 1. The molecule has 0 aliphatic rings. The predicted molar refractivity (Wildman–Crippen MR) is 86.2 cm³/mol. The number of nitrogens with one attached hydrogen (secondary N) is 1. The van der Waals surface area contributed by atoms with E-state index >= 15 is 0 Å². The van der Waals surface area contributed by atoms with Gasteiger partial charge in [0.1, 0.15) is 9.90 Å². The zero-order chi connectivity index (χ0) is 15.2. The number of nitrogens with zero attached hydrogens (tertiary/aromatic N) is 1. The summed E-state index contributed by atoms with van der Waals surface area (Å²) in [7, 11) is 0. The molecule has 21 heavy (non-hydrogen) atoms. The summed E-state index contributed by atoms with van der Waals surface area (Å²) in [5, 5.41) is -0.0428. The lowest BCUT2D eigenvalue weighted by Crippen LogP contribution is -2.33. The molecule has 1 heterocycles. The molecular formula is C15H15ClN2O2S. The molecule has 0 bridgehead atoms. The topological polar surface area (TPSA) is 53.2 Å². The molecule has 0 saturated heterocycles. The van der Waals surface area contributed by atoms with Crippen molar-refractivity contribution in [1.82, 2.24) is 9.27 Å². The van der Waals surface area contributed by atoms with Gasteiger partial charge in [0, 0.05) is 13.1 Å². The van der Waals surface area contributed by atoms with Crippen LogP contribution in [-0.4, -0.2) is 28.3 Å². The maximum absolute atomic E-state index is 12.4. The Bertz CT molecular complexity index is 678. The summed E-state index contributed by atoms with van der Waals surface area (Å²) in [4.78, 5) is 25.6. The third-order valence-electron chi connectivity index (χ3n) is 2.99. The maximum atomic E-state index is 12.4. The molecule has 0 spiro atoms. The number of carbonyl (C=O) groups is 1. The number of H-pyrrole nitrogens is 1. The zero-order valence-corrected chi connectivity index (χ0v) is 12.9. The molecular weight excluding hydrogens is 308 g/mol. The molecule has 0 radical (unpaired) electrons. The smallest absolute Gasteiger partial charge is 0.277 e.